The lowest BCUT2D eigenvalue weighted by Crippen LogP contribution is -2.24. The van der Waals surface area contributed by atoms with Gasteiger partial charge in [0.25, 0.3) is 0 Å². The number of nitriles is 1. The van der Waals surface area contributed by atoms with Crippen LogP contribution < -0.4 is 10.6 Å². The van der Waals surface area contributed by atoms with Gasteiger partial charge in [-0.15, -0.1) is 0 Å². The Kier molecular flexibility index (Phi) is 6.13. The first-order valence-corrected chi connectivity index (χ1v) is 9.40. The topological polar surface area (TPSA) is 60.2 Å². The normalized spacial score (nSPS) is 15.7. The molecule has 1 aliphatic rings. The predicted molar refractivity (Wildman–Crippen MR) is 110 cm³/mol. The van der Waals surface area contributed by atoms with Gasteiger partial charge in [0, 0.05) is 17.6 Å². The lowest BCUT2D eigenvalue weighted by atomic mass is 10.1. The maximum atomic E-state index is 9.79. The molecule has 26 heavy (non-hydrogen) atoms. The van der Waals surface area contributed by atoms with E-state index < -0.39 is 0 Å². The number of benzene rings is 2. The van der Waals surface area contributed by atoms with E-state index in [9.17, 15) is 5.26 Å². The highest BCUT2D eigenvalue weighted by atomic mass is 32.2. The summed E-state index contributed by atoms with van der Waals surface area (Å²) in [7, 11) is 0. The summed E-state index contributed by atoms with van der Waals surface area (Å²) in [6.07, 6.45) is 0.920. The van der Waals surface area contributed by atoms with Gasteiger partial charge >= 0.3 is 0 Å². The Morgan fingerprint density at radius 1 is 1.08 bits per heavy atom. The quantitative estimate of drug-likeness (QED) is 0.790. The molecule has 0 unspecified atom stereocenters. The van der Waals surface area contributed by atoms with E-state index in [0.29, 0.717) is 18.0 Å². The molecular weight excluding hydrogens is 340 g/mol. The van der Waals surface area contributed by atoms with Crippen molar-refractivity contribution < 1.29 is 0 Å². The van der Waals surface area contributed by atoms with E-state index in [1.165, 1.54) is 11.8 Å². The van der Waals surface area contributed by atoms with Gasteiger partial charge in [-0.3, -0.25) is 4.99 Å². The van der Waals surface area contributed by atoms with Crippen molar-refractivity contribution >= 4 is 29.0 Å². The molecule has 0 radical (unpaired) electrons. The molecular formula is C21H20N4S. The summed E-state index contributed by atoms with van der Waals surface area (Å²) in [5.41, 5.74) is 3.45. The van der Waals surface area contributed by atoms with E-state index >= 15 is 0 Å². The average Bonchev–Trinajstić information content (AvgIpc) is 2.87. The Labute approximate surface area is 158 Å². The van der Waals surface area contributed by atoms with Gasteiger partial charge < -0.3 is 10.6 Å². The Balaban J connectivity index is 2.00. The molecule has 5 heteroatoms. The number of anilines is 1. The van der Waals surface area contributed by atoms with Crippen LogP contribution in [0.15, 0.2) is 81.7 Å². The molecule has 3 rings (SSSR count). The summed E-state index contributed by atoms with van der Waals surface area (Å²) >= 11 is 1.49. The smallest absolute Gasteiger partial charge is 0.146 e. The fourth-order valence-electron chi connectivity index (χ4n) is 2.45. The average molecular weight is 360 g/mol. The SMILES string of the molecule is CCCN=C1NC(c2ccccc2)=CSC(Nc2ccccc2)=C1C#N. The number of nitrogens with one attached hydrogen (secondary N) is 2. The fourth-order valence-corrected chi connectivity index (χ4v) is 3.32. The van der Waals surface area contributed by atoms with Crippen LogP contribution in [0.5, 0.6) is 0 Å². The van der Waals surface area contributed by atoms with Crippen LogP contribution in [0.3, 0.4) is 0 Å². The van der Waals surface area contributed by atoms with Crippen LogP contribution in [-0.4, -0.2) is 12.4 Å². The zero-order chi connectivity index (χ0) is 18.2. The van der Waals surface area contributed by atoms with Gasteiger partial charge in [-0.25, -0.2) is 0 Å². The zero-order valence-corrected chi connectivity index (χ0v) is 15.4. The summed E-state index contributed by atoms with van der Waals surface area (Å²) in [5, 5.41) is 19.3. The fraction of sp³-hybridized carbons (Fsp3) is 0.143. The van der Waals surface area contributed by atoms with Crippen LogP contribution in [0, 0.1) is 11.3 Å². The molecule has 0 spiro atoms. The van der Waals surface area contributed by atoms with Crippen molar-refractivity contribution in [1.29, 1.82) is 5.26 Å². The summed E-state index contributed by atoms with van der Waals surface area (Å²) < 4.78 is 0. The maximum absolute atomic E-state index is 9.79. The summed E-state index contributed by atoms with van der Waals surface area (Å²) in [6.45, 7) is 2.74. The van der Waals surface area contributed by atoms with Crippen LogP contribution >= 0.6 is 11.8 Å². The summed E-state index contributed by atoms with van der Waals surface area (Å²) in [4.78, 5) is 4.61. The van der Waals surface area contributed by atoms with Crippen molar-refractivity contribution in [2.24, 2.45) is 4.99 Å². The monoisotopic (exact) mass is 360 g/mol. The van der Waals surface area contributed by atoms with Crippen molar-refractivity contribution in [1.82, 2.24) is 5.32 Å². The third-order valence-electron chi connectivity index (χ3n) is 3.73. The van der Waals surface area contributed by atoms with Gasteiger partial charge in [0.15, 0.2) is 0 Å². The van der Waals surface area contributed by atoms with Gasteiger partial charge in [0.2, 0.25) is 0 Å². The van der Waals surface area contributed by atoms with E-state index in [0.717, 1.165) is 28.4 Å². The molecule has 130 valence electrons. The van der Waals surface area contributed by atoms with E-state index in [1.807, 2.05) is 66.1 Å². The highest BCUT2D eigenvalue weighted by Gasteiger charge is 2.19. The van der Waals surface area contributed by atoms with Gasteiger partial charge in [0.1, 0.15) is 17.5 Å². The standard InChI is InChI=1S/C21H20N4S/c1-2-13-23-20-18(14-22)21(24-17-11-7-4-8-12-17)26-15-19(25-20)16-9-5-3-6-10-16/h3-12,15,24H,2,13H2,1H3,(H,23,25). The zero-order valence-electron chi connectivity index (χ0n) is 14.6. The van der Waals surface area contributed by atoms with Crippen molar-refractivity contribution in [3.8, 4) is 6.07 Å². The van der Waals surface area contributed by atoms with Crippen molar-refractivity contribution in [3.63, 3.8) is 0 Å². The van der Waals surface area contributed by atoms with Gasteiger partial charge in [0.05, 0.1) is 10.7 Å². The Bertz CT molecular complexity index is 877. The number of rotatable bonds is 5. The van der Waals surface area contributed by atoms with E-state index in [-0.39, 0.29) is 0 Å². The number of nitrogens with zero attached hydrogens (tertiary/aromatic N) is 2. The molecule has 2 aromatic rings. The van der Waals surface area contributed by atoms with E-state index in [1.54, 1.807) is 0 Å². The number of thioether (sulfide) groups is 1. The molecule has 0 fully saturated rings. The van der Waals surface area contributed by atoms with Crippen LogP contribution in [0.25, 0.3) is 5.70 Å². The van der Waals surface area contributed by atoms with Gasteiger partial charge in [-0.2, -0.15) is 5.26 Å². The molecule has 1 aliphatic heterocycles. The minimum Gasteiger partial charge on any atom is -0.349 e. The molecule has 0 bridgehead atoms. The maximum Gasteiger partial charge on any atom is 0.146 e. The minimum absolute atomic E-state index is 0.523. The highest BCUT2D eigenvalue weighted by Crippen LogP contribution is 2.30. The lowest BCUT2D eigenvalue weighted by Gasteiger charge is -2.12. The summed E-state index contributed by atoms with van der Waals surface area (Å²) in [5.74, 6) is 0.605. The van der Waals surface area contributed by atoms with Crippen molar-refractivity contribution in [3.05, 3.63) is 82.2 Å². The molecule has 2 N–H and O–H groups in total. The Morgan fingerprint density at radius 3 is 2.42 bits per heavy atom. The van der Waals surface area contributed by atoms with E-state index in [2.05, 4.69) is 28.6 Å². The largest absolute Gasteiger partial charge is 0.349 e. The molecule has 0 amide bonds. The number of hydrogen-bond donors (Lipinski definition) is 2. The minimum atomic E-state index is 0.523. The molecule has 0 aliphatic carbocycles. The van der Waals surface area contributed by atoms with E-state index in [4.69, 9.17) is 0 Å². The summed E-state index contributed by atoms with van der Waals surface area (Å²) in [6, 6.07) is 22.2. The van der Waals surface area contributed by atoms with Gasteiger partial charge in [-0.1, -0.05) is 67.2 Å². The first-order chi connectivity index (χ1) is 12.8. The molecule has 4 nitrogen and oxygen atoms in total. The van der Waals surface area contributed by atoms with Crippen molar-refractivity contribution in [2.75, 3.05) is 11.9 Å². The first kappa shape index (κ1) is 17.8. The number of aliphatic imine (C=N–C) groups is 1. The van der Waals surface area contributed by atoms with Crippen LogP contribution in [0.2, 0.25) is 0 Å². The Hall–Kier alpha value is -2.97. The molecule has 0 saturated heterocycles. The van der Waals surface area contributed by atoms with Crippen LogP contribution in [0.1, 0.15) is 18.9 Å². The Morgan fingerprint density at radius 2 is 1.77 bits per heavy atom. The molecule has 2 aromatic carbocycles. The molecule has 0 aromatic heterocycles. The molecule has 1 heterocycles. The van der Waals surface area contributed by atoms with Gasteiger partial charge in [-0.05, 0) is 24.1 Å². The number of para-hydroxylation sites is 1. The third-order valence-corrected chi connectivity index (χ3v) is 4.63. The van der Waals surface area contributed by atoms with Crippen LogP contribution in [-0.2, 0) is 0 Å². The lowest BCUT2D eigenvalue weighted by molar-refractivity contribution is 0.925. The predicted octanol–water partition coefficient (Wildman–Crippen LogP) is 4.98. The number of hydrogen-bond acceptors (Lipinski definition) is 4. The molecule has 0 atom stereocenters. The second-order valence-corrected chi connectivity index (χ2v) is 6.56. The first-order valence-electron chi connectivity index (χ1n) is 8.52. The van der Waals surface area contributed by atoms with Crippen molar-refractivity contribution in [2.45, 2.75) is 13.3 Å². The van der Waals surface area contributed by atoms with Crippen LogP contribution in [0.4, 0.5) is 5.69 Å². The molecule has 0 saturated carbocycles. The second kappa shape index (κ2) is 8.93. The highest BCUT2D eigenvalue weighted by molar-refractivity contribution is 8.06. The number of amidine groups is 1. The second-order valence-electron chi connectivity index (χ2n) is 5.68. The third kappa shape index (κ3) is 4.35.